The normalized spacial score (nSPS) is 11.6. The molecule has 0 aliphatic rings. The van der Waals surface area contributed by atoms with Crippen LogP contribution in [0.15, 0.2) is 18.2 Å². The first-order chi connectivity index (χ1) is 9.96. The monoisotopic (exact) mass is 362 g/mol. The number of halogens is 2. The number of rotatable bonds is 5. The van der Waals surface area contributed by atoms with Gasteiger partial charge in [0, 0.05) is 28.2 Å². The average molecular weight is 363 g/mol. The van der Waals surface area contributed by atoms with E-state index < -0.39 is 0 Å². The van der Waals surface area contributed by atoms with Gasteiger partial charge >= 0.3 is 0 Å². The second-order valence-electron chi connectivity index (χ2n) is 7.44. The number of amides is 1. The van der Waals surface area contributed by atoms with Crippen molar-refractivity contribution < 1.29 is 9.53 Å². The van der Waals surface area contributed by atoms with E-state index in [4.69, 9.17) is 16.3 Å². The Morgan fingerprint density at radius 2 is 1.74 bits per heavy atom. The summed E-state index contributed by atoms with van der Waals surface area (Å²) >= 11 is 6.05. The molecular weight excluding hydrogens is 335 g/mol. The summed E-state index contributed by atoms with van der Waals surface area (Å²) in [6, 6.07) is 5.42. The molecule has 0 saturated carbocycles. The van der Waals surface area contributed by atoms with Crippen LogP contribution >= 0.6 is 24.0 Å². The third-order valence-electron chi connectivity index (χ3n) is 2.70. The summed E-state index contributed by atoms with van der Waals surface area (Å²) in [6.07, 6.45) is 0. The van der Waals surface area contributed by atoms with Crippen molar-refractivity contribution in [3.8, 4) is 5.75 Å². The lowest BCUT2D eigenvalue weighted by Crippen LogP contribution is -2.43. The van der Waals surface area contributed by atoms with Gasteiger partial charge in [-0.15, -0.1) is 12.4 Å². The molecule has 0 aromatic heterocycles. The van der Waals surface area contributed by atoms with Crippen molar-refractivity contribution in [2.75, 3.05) is 6.61 Å². The molecule has 0 saturated heterocycles. The van der Waals surface area contributed by atoms with Crippen LogP contribution < -0.4 is 15.4 Å². The van der Waals surface area contributed by atoms with E-state index in [1.807, 2.05) is 26.8 Å². The molecule has 1 rings (SSSR count). The second kappa shape index (κ2) is 8.76. The highest BCUT2D eigenvalue weighted by Gasteiger charge is 2.15. The van der Waals surface area contributed by atoms with E-state index >= 15 is 0 Å². The van der Waals surface area contributed by atoms with Crippen molar-refractivity contribution >= 4 is 29.9 Å². The second-order valence-corrected chi connectivity index (χ2v) is 7.88. The smallest absolute Gasteiger partial charge is 0.258 e. The highest BCUT2D eigenvalue weighted by Crippen LogP contribution is 2.23. The Balaban J connectivity index is 0.00000484. The molecule has 4 nitrogen and oxygen atoms in total. The molecule has 0 fully saturated rings. The minimum absolute atomic E-state index is 0. The molecule has 1 amide bonds. The Morgan fingerprint density at radius 1 is 1.13 bits per heavy atom. The SMILES string of the molecule is CC(C)(C)NCc1cc(Cl)ccc1OCC(=O)NC(C)(C)C.Cl. The topological polar surface area (TPSA) is 50.4 Å². The maximum Gasteiger partial charge on any atom is 0.258 e. The van der Waals surface area contributed by atoms with Crippen LogP contribution in [0.25, 0.3) is 0 Å². The van der Waals surface area contributed by atoms with Crippen LogP contribution in [0.5, 0.6) is 5.75 Å². The van der Waals surface area contributed by atoms with Gasteiger partial charge in [0.25, 0.3) is 5.91 Å². The molecule has 0 unspecified atom stereocenters. The summed E-state index contributed by atoms with van der Waals surface area (Å²) in [4.78, 5) is 11.8. The summed E-state index contributed by atoms with van der Waals surface area (Å²) < 4.78 is 5.65. The number of nitrogens with one attached hydrogen (secondary N) is 2. The molecule has 0 radical (unpaired) electrons. The van der Waals surface area contributed by atoms with E-state index in [1.165, 1.54) is 0 Å². The van der Waals surface area contributed by atoms with Crippen LogP contribution in [0, 0.1) is 0 Å². The lowest BCUT2D eigenvalue weighted by molar-refractivity contribution is -0.124. The fourth-order valence-electron chi connectivity index (χ4n) is 1.79. The first-order valence-corrected chi connectivity index (χ1v) is 7.81. The zero-order valence-corrected chi connectivity index (χ0v) is 16.3. The van der Waals surface area contributed by atoms with Gasteiger partial charge in [0.1, 0.15) is 5.75 Å². The minimum atomic E-state index is -0.267. The number of ether oxygens (including phenoxy) is 1. The maximum atomic E-state index is 11.8. The Labute approximate surface area is 150 Å². The van der Waals surface area contributed by atoms with E-state index in [0.29, 0.717) is 17.3 Å². The molecule has 0 spiro atoms. The van der Waals surface area contributed by atoms with Gasteiger partial charge < -0.3 is 15.4 Å². The van der Waals surface area contributed by atoms with Crippen molar-refractivity contribution in [1.29, 1.82) is 0 Å². The summed E-state index contributed by atoms with van der Waals surface area (Å²) in [5, 5.41) is 6.91. The van der Waals surface area contributed by atoms with Crippen molar-refractivity contribution in [3.63, 3.8) is 0 Å². The van der Waals surface area contributed by atoms with Crippen LogP contribution in [0.4, 0.5) is 0 Å². The average Bonchev–Trinajstić information content (AvgIpc) is 2.32. The lowest BCUT2D eigenvalue weighted by atomic mass is 10.1. The molecule has 0 aliphatic carbocycles. The van der Waals surface area contributed by atoms with E-state index in [9.17, 15) is 4.79 Å². The van der Waals surface area contributed by atoms with E-state index in [-0.39, 0.29) is 36.0 Å². The maximum absolute atomic E-state index is 11.8. The molecule has 23 heavy (non-hydrogen) atoms. The molecule has 132 valence electrons. The first kappa shape index (κ1) is 22.0. The van der Waals surface area contributed by atoms with Gasteiger partial charge in [0.2, 0.25) is 0 Å². The predicted molar refractivity (Wildman–Crippen MR) is 98.7 cm³/mol. The third-order valence-corrected chi connectivity index (χ3v) is 2.94. The van der Waals surface area contributed by atoms with Crippen LogP contribution in [-0.2, 0) is 11.3 Å². The number of benzene rings is 1. The Bertz CT molecular complexity index is 520. The summed E-state index contributed by atoms with van der Waals surface area (Å²) in [5.74, 6) is 0.530. The first-order valence-electron chi connectivity index (χ1n) is 7.43. The van der Waals surface area contributed by atoms with Crippen LogP contribution in [-0.4, -0.2) is 23.6 Å². The number of hydrogen-bond acceptors (Lipinski definition) is 3. The molecule has 0 aliphatic heterocycles. The summed E-state index contributed by atoms with van der Waals surface area (Å²) in [7, 11) is 0. The molecule has 0 atom stereocenters. The Kier molecular flexibility index (Phi) is 8.39. The predicted octanol–water partition coefficient (Wildman–Crippen LogP) is 3.94. The highest BCUT2D eigenvalue weighted by molar-refractivity contribution is 6.30. The van der Waals surface area contributed by atoms with E-state index in [1.54, 1.807) is 12.1 Å². The molecule has 0 heterocycles. The Hall–Kier alpha value is -0.970. The van der Waals surface area contributed by atoms with Gasteiger partial charge in [-0.3, -0.25) is 4.79 Å². The lowest BCUT2D eigenvalue weighted by Gasteiger charge is -2.23. The van der Waals surface area contributed by atoms with Crippen LogP contribution in [0.2, 0.25) is 5.02 Å². The largest absolute Gasteiger partial charge is 0.483 e. The third kappa shape index (κ3) is 9.69. The standard InChI is InChI=1S/C17H27ClN2O2.ClH/c1-16(2,3)19-10-12-9-13(18)7-8-14(12)22-11-15(21)20-17(4,5)6;/h7-9,19H,10-11H2,1-6H3,(H,20,21);1H. The van der Waals surface area contributed by atoms with Gasteiger partial charge in [0.05, 0.1) is 0 Å². The molecule has 2 N–H and O–H groups in total. The molecular formula is C17H28Cl2N2O2. The zero-order chi connectivity index (χ0) is 17.0. The fraction of sp³-hybridized carbons (Fsp3) is 0.588. The zero-order valence-electron chi connectivity index (χ0n) is 14.7. The Morgan fingerprint density at radius 3 is 2.26 bits per heavy atom. The number of hydrogen-bond donors (Lipinski definition) is 2. The van der Waals surface area contributed by atoms with Gasteiger partial charge in [-0.25, -0.2) is 0 Å². The molecule has 1 aromatic rings. The molecule has 0 bridgehead atoms. The van der Waals surface area contributed by atoms with E-state index in [2.05, 4.69) is 31.4 Å². The number of carbonyl (C=O) groups excluding carboxylic acids is 1. The van der Waals surface area contributed by atoms with Gasteiger partial charge in [0.15, 0.2) is 6.61 Å². The number of carbonyl (C=O) groups is 1. The fourth-order valence-corrected chi connectivity index (χ4v) is 1.98. The van der Waals surface area contributed by atoms with Crippen molar-refractivity contribution in [2.45, 2.75) is 59.2 Å². The molecule has 1 aromatic carbocycles. The van der Waals surface area contributed by atoms with Gasteiger partial charge in [-0.1, -0.05) is 11.6 Å². The van der Waals surface area contributed by atoms with Gasteiger partial charge in [-0.05, 0) is 59.7 Å². The van der Waals surface area contributed by atoms with Crippen LogP contribution in [0.3, 0.4) is 0 Å². The van der Waals surface area contributed by atoms with Crippen molar-refractivity contribution in [3.05, 3.63) is 28.8 Å². The van der Waals surface area contributed by atoms with E-state index in [0.717, 1.165) is 5.56 Å². The van der Waals surface area contributed by atoms with Crippen molar-refractivity contribution in [1.82, 2.24) is 10.6 Å². The summed E-state index contributed by atoms with van der Waals surface area (Å²) in [6.45, 7) is 12.7. The molecule has 6 heteroatoms. The minimum Gasteiger partial charge on any atom is -0.483 e. The van der Waals surface area contributed by atoms with Gasteiger partial charge in [-0.2, -0.15) is 0 Å². The highest BCUT2D eigenvalue weighted by atomic mass is 35.5. The van der Waals surface area contributed by atoms with Crippen LogP contribution in [0.1, 0.15) is 47.1 Å². The van der Waals surface area contributed by atoms with Crippen molar-refractivity contribution in [2.24, 2.45) is 0 Å². The quantitative estimate of drug-likeness (QED) is 0.833. The summed E-state index contributed by atoms with van der Waals surface area (Å²) in [5.41, 5.74) is 0.659.